The molecule has 5 rings (SSSR count). The molecule has 1 aromatic rings. The van der Waals surface area contributed by atoms with Crippen LogP contribution >= 0.6 is 0 Å². The lowest BCUT2D eigenvalue weighted by Gasteiger charge is -2.34. The molecule has 3 heterocycles. The van der Waals surface area contributed by atoms with E-state index in [-0.39, 0.29) is 71.2 Å². The van der Waals surface area contributed by atoms with Gasteiger partial charge in [-0.3, -0.25) is 77.5 Å². The average Bonchev–Trinajstić information content (AvgIpc) is 1.70. The average molecular weight is 1860 g/mol. The molecule has 1 saturated carbocycles. The molecule has 0 spiro atoms. The number of hydrogen-bond donors (Lipinski definition) is 3. The van der Waals surface area contributed by atoms with Gasteiger partial charge in [0, 0.05) is 144 Å². The summed E-state index contributed by atoms with van der Waals surface area (Å²) in [7, 11) is 19.4. The minimum absolute atomic E-state index is 0.00950. The number of ketones is 1. The Balaban J connectivity index is -0.00000145. The van der Waals surface area contributed by atoms with Crippen molar-refractivity contribution < 1.29 is 52.6 Å². The molecule has 27 heteroatoms. The Hall–Kier alpha value is -5.91. The lowest BCUT2D eigenvalue weighted by molar-refractivity contribution is -0.141. The zero-order valence-corrected chi connectivity index (χ0v) is 91.2. The topological polar surface area (TPSA) is 250 Å². The molecule has 0 radical (unpaired) electrons. The molecular formula is C104H206N16O11. The molecule has 768 valence electrons. The van der Waals surface area contributed by atoms with Crippen LogP contribution < -0.4 is 20.7 Å². The van der Waals surface area contributed by atoms with Crippen molar-refractivity contribution in [3.05, 3.63) is 29.8 Å². The molecule has 2 bridgehead atoms. The van der Waals surface area contributed by atoms with Crippen molar-refractivity contribution in [1.82, 2.24) is 79.6 Å². The van der Waals surface area contributed by atoms with Crippen molar-refractivity contribution in [3.63, 3.8) is 0 Å². The van der Waals surface area contributed by atoms with E-state index >= 15 is 0 Å². The summed E-state index contributed by atoms with van der Waals surface area (Å²) in [6.07, 6.45) is 16.8. The second-order valence-electron chi connectivity index (χ2n) is 43.0. The summed E-state index contributed by atoms with van der Waals surface area (Å²) in [4.78, 5) is 131. The van der Waals surface area contributed by atoms with Crippen molar-refractivity contribution in [2.45, 2.75) is 294 Å². The number of carbonyl (C=O) groups is 9. The Morgan fingerprint density at radius 1 is 0.450 bits per heavy atom. The van der Waals surface area contributed by atoms with E-state index in [2.05, 4.69) is 189 Å². The van der Waals surface area contributed by atoms with E-state index in [0.29, 0.717) is 125 Å². The maximum atomic E-state index is 12.3. The first kappa shape index (κ1) is 129. The summed E-state index contributed by atoms with van der Waals surface area (Å²) < 4.78 is 11.5. The van der Waals surface area contributed by atoms with Crippen molar-refractivity contribution in [2.75, 3.05) is 234 Å². The van der Waals surface area contributed by atoms with Gasteiger partial charge in [0.25, 0.3) is 0 Å². The predicted molar refractivity (Wildman–Crippen MR) is 548 cm³/mol. The highest BCUT2D eigenvalue weighted by atomic mass is 16.5. The third-order valence-corrected chi connectivity index (χ3v) is 21.8. The first-order chi connectivity index (χ1) is 61.0. The maximum absolute atomic E-state index is 12.3. The third kappa shape index (κ3) is 75.0. The zero-order valence-electron chi connectivity index (χ0n) is 91.2. The molecule has 1 aliphatic carbocycles. The molecule has 4 aliphatic rings. The summed E-state index contributed by atoms with van der Waals surface area (Å²) in [5, 5.41) is 8.69. The van der Waals surface area contributed by atoms with E-state index in [9.17, 15) is 43.2 Å². The molecule has 3 aliphatic heterocycles. The van der Waals surface area contributed by atoms with Crippen LogP contribution in [0.2, 0.25) is 0 Å². The smallest absolute Gasteiger partial charge is 0.236 e. The van der Waals surface area contributed by atoms with Crippen LogP contribution in [0.4, 0.5) is 0 Å². The zero-order chi connectivity index (χ0) is 101. The largest absolute Gasteiger partial charge is 0.494 e. The second kappa shape index (κ2) is 74.3. The van der Waals surface area contributed by atoms with Crippen LogP contribution in [0.5, 0.6) is 5.75 Å². The van der Waals surface area contributed by atoms with Crippen LogP contribution in [-0.4, -0.2) is 375 Å². The Morgan fingerprint density at radius 3 is 1.26 bits per heavy atom. The highest BCUT2D eigenvalue weighted by Gasteiger charge is 2.36. The number of Topliss-reactive ketones (excluding diaryl/α,β-unsaturated/α-hetero) is 1. The summed E-state index contributed by atoms with van der Waals surface area (Å²) in [6.45, 7) is 73.6. The fourth-order valence-corrected chi connectivity index (χ4v) is 16.1. The molecule has 131 heavy (non-hydrogen) atoms. The van der Waals surface area contributed by atoms with E-state index in [0.717, 1.165) is 160 Å². The molecule has 0 aromatic heterocycles. The first-order valence-electron chi connectivity index (χ1n) is 50.5. The SMILES string of the molecule is CC(=O)NC1CCCN(C(=O)CN(C)CC(C)C)C1.CC(C)CC(=O)CN(C)C(=O)CN(C)CC(C)C.CC(C)CCC1CCCCC1.CC(C)CN(C)CC(=O)N(C)Cc1ccc(OCCCN(C)C)cc1.CC(C)CN(C)CC(=O)N1CC2CCC(C1)O2.CCN(C)C(=O)CN(C)CC(C)C.CCN(CC(=O)NC(C)(C)C)CC(C)C.CCNC(=O)CN(CC)CC(C)C. The van der Waals surface area contributed by atoms with Gasteiger partial charge in [-0.15, -0.1) is 0 Å². The summed E-state index contributed by atoms with van der Waals surface area (Å²) >= 11 is 0. The van der Waals surface area contributed by atoms with Gasteiger partial charge in [0.05, 0.1) is 71.2 Å². The molecule has 8 amide bonds. The van der Waals surface area contributed by atoms with Gasteiger partial charge in [-0.05, 0) is 206 Å². The number of hydrogen-bond acceptors (Lipinski definition) is 19. The van der Waals surface area contributed by atoms with E-state index in [1.807, 2.05) is 137 Å². The standard InChI is InChI=1S/C20H35N3O2.C14H27N3O2.C14H28N2O2.C13H24N2O2.C12H26N2O.C11H22.2C10H22N2O/c1-17(2)14-22(5)16-20(24)23(6)15-18-8-10-19(11-9-18)25-13-7-12-21(3)4;1-11(2)8-16(4)10-14(19)17-7-5-6-13(9-17)15-12(3)18;1-11(2)7-13(17)9-16(6)14(18)10-15(5)8-12(3)4;1-10(2)6-14(3)9-13(16)15-7-11-4-5-12(8-15)17-11;1-7-14(8-10(2)3)9-11(15)13-12(4,5)6;1-10(2)8-9-11-6-4-3-5-7-11;1-6-12(5)10(13)8-11(4)7-9(2)3;1-5-11-10(13)8-12(6-2)7-9(3)4/h8-11,17H,7,12-16H2,1-6H3;11,13H,5-10H2,1-4H3,(H,15,18);11-12H,7-10H2,1-6H3;10-12H,4-9H2,1-3H3;10H,7-9H2,1-6H3,(H,13,15);10-11H,3-9H2,1-2H3;9H,6-8H2,1-5H3;9H,5-8H2,1-4H3,(H,11,13). The summed E-state index contributed by atoms with van der Waals surface area (Å²) in [6, 6.07) is 8.14. The van der Waals surface area contributed by atoms with Gasteiger partial charge in [0.15, 0.2) is 5.78 Å². The lowest BCUT2D eigenvalue weighted by Crippen LogP contribution is -2.51. The van der Waals surface area contributed by atoms with Crippen molar-refractivity contribution in [1.29, 1.82) is 0 Å². The third-order valence-electron chi connectivity index (χ3n) is 21.8. The number of fused-ring (bicyclic) bond motifs is 2. The van der Waals surface area contributed by atoms with Gasteiger partial charge >= 0.3 is 0 Å². The molecule has 3 saturated heterocycles. The predicted octanol–water partition coefficient (Wildman–Crippen LogP) is 13.9. The lowest BCUT2D eigenvalue weighted by atomic mass is 9.85. The number of rotatable bonds is 47. The molecule has 3 unspecified atom stereocenters. The number of amides is 8. The number of carbonyl (C=O) groups excluding carboxylic acids is 9. The van der Waals surface area contributed by atoms with Crippen LogP contribution in [-0.2, 0) is 54.4 Å². The van der Waals surface area contributed by atoms with Crippen LogP contribution in [0.25, 0.3) is 0 Å². The quantitative estimate of drug-likeness (QED) is 0.0513. The molecule has 3 atom stereocenters. The molecular weight excluding hydrogens is 1650 g/mol. The fourth-order valence-electron chi connectivity index (χ4n) is 16.1. The Bertz CT molecular complexity index is 3130. The highest BCUT2D eigenvalue weighted by Crippen LogP contribution is 2.29. The van der Waals surface area contributed by atoms with Crippen LogP contribution in [0, 0.1) is 59.2 Å². The van der Waals surface area contributed by atoms with Gasteiger partial charge in [0.2, 0.25) is 47.3 Å². The summed E-state index contributed by atoms with van der Waals surface area (Å²) in [5.74, 6) is 8.48. The van der Waals surface area contributed by atoms with E-state index in [1.165, 1.54) is 56.8 Å². The van der Waals surface area contributed by atoms with E-state index in [1.54, 1.807) is 16.8 Å². The molecule has 4 fully saturated rings. The first-order valence-corrected chi connectivity index (χ1v) is 50.5. The summed E-state index contributed by atoms with van der Waals surface area (Å²) in [5.41, 5.74) is 0.983. The van der Waals surface area contributed by atoms with Crippen LogP contribution in [0.3, 0.4) is 0 Å². The number of ether oxygens (including phenoxy) is 2. The normalized spacial score (nSPS) is 15.6. The van der Waals surface area contributed by atoms with Crippen molar-refractivity contribution >= 4 is 53.0 Å². The minimum atomic E-state index is -0.131. The minimum Gasteiger partial charge on any atom is -0.494 e. The van der Waals surface area contributed by atoms with E-state index in [4.69, 9.17) is 9.47 Å². The van der Waals surface area contributed by atoms with E-state index < -0.39 is 0 Å². The monoisotopic (exact) mass is 1860 g/mol. The number of morpholine rings is 1. The fraction of sp³-hybridized carbons (Fsp3) is 0.856. The second-order valence-corrected chi connectivity index (χ2v) is 43.0. The number of likely N-dealkylation sites (N-methyl/N-ethyl adjacent to an activating group) is 11. The van der Waals surface area contributed by atoms with Gasteiger partial charge in [-0.2, -0.15) is 0 Å². The number of benzene rings is 1. The van der Waals surface area contributed by atoms with Crippen molar-refractivity contribution in [3.8, 4) is 5.75 Å². The maximum Gasteiger partial charge on any atom is 0.236 e. The Morgan fingerprint density at radius 2 is 0.870 bits per heavy atom. The molecule has 1 aromatic carbocycles. The molecule has 27 nitrogen and oxygen atoms in total. The molecule has 3 N–H and O–H groups in total. The Kier molecular flexibility index (Phi) is 73.3. The van der Waals surface area contributed by atoms with Crippen LogP contribution in [0.15, 0.2) is 24.3 Å². The van der Waals surface area contributed by atoms with Gasteiger partial charge in [-0.25, -0.2) is 0 Å². The van der Waals surface area contributed by atoms with Crippen LogP contribution in [0.1, 0.15) is 269 Å². The number of piperidine rings is 1. The highest BCUT2D eigenvalue weighted by molar-refractivity contribution is 5.87. The number of nitrogens with zero attached hydrogens (tertiary/aromatic N) is 13. The van der Waals surface area contributed by atoms with Gasteiger partial charge in [-0.1, -0.05) is 196 Å². The van der Waals surface area contributed by atoms with Crippen molar-refractivity contribution in [2.24, 2.45) is 59.2 Å². The number of likely N-dealkylation sites (tertiary alicyclic amines) is 2. The van der Waals surface area contributed by atoms with Gasteiger partial charge < -0.3 is 54.8 Å². The van der Waals surface area contributed by atoms with Gasteiger partial charge in [0.1, 0.15) is 5.75 Å². The Labute approximate surface area is 803 Å². The number of nitrogens with one attached hydrogen (secondary N) is 3.